The van der Waals surface area contributed by atoms with Crippen molar-refractivity contribution >= 4 is 17.6 Å². The van der Waals surface area contributed by atoms with Gasteiger partial charge < -0.3 is 15.2 Å². The van der Waals surface area contributed by atoms with Crippen LogP contribution in [0.3, 0.4) is 0 Å². The molecule has 0 heterocycles. The van der Waals surface area contributed by atoms with Gasteiger partial charge in [-0.1, -0.05) is 11.6 Å². The Hall–Kier alpha value is -1.33. The lowest BCUT2D eigenvalue weighted by molar-refractivity contribution is -0.141. The van der Waals surface area contributed by atoms with Gasteiger partial charge in [0, 0.05) is 6.04 Å². The number of carbonyl (C=O) groups excluding carboxylic acids is 1. The lowest BCUT2D eigenvalue weighted by Gasteiger charge is -2.14. The van der Waals surface area contributed by atoms with Crippen LogP contribution in [0, 0.1) is 5.82 Å². The molecule has 100 valence electrons. The van der Waals surface area contributed by atoms with Gasteiger partial charge in [0.25, 0.3) is 0 Å². The molecule has 2 N–H and O–H groups in total. The summed E-state index contributed by atoms with van der Waals surface area (Å²) in [7, 11) is 1.26. The Labute approximate surface area is 110 Å². The molecule has 0 saturated carbocycles. The van der Waals surface area contributed by atoms with Gasteiger partial charge in [0.1, 0.15) is 0 Å². The van der Waals surface area contributed by atoms with E-state index in [9.17, 15) is 9.18 Å². The smallest absolute Gasteiger partial charge is 0.307 e. The van der Waals surface area contributed by atoms with Gasteiger partial charge in [-0.15, -0.1) is 0 Å². The van der Waals surface area contributed by atoms with Gasteiger partial charge >= 0.3 is 5.97 Å². The fourth-order valence-electron chi connectivity index (χ4n) is 1.46. The number of methoxy groups -OCH3 is 1. The minimum Gasteiger partial charge on any atom is -0.489 e. The molecule has 1 rings (SSSR count). The van der Waals surface area contributed by atoms with Crippen LogP contribution in [0.25, 0.3) is 0 Å². The van der Waals surface area contributed by atoms with E-state index in [0.29, 0.717) is 12.2 Å². The van der Waals surface area contributed by atoms with Gasteiger partial charge in [0.15, 0.2) is 11.6 Å². The predicted octanol–water partition coefficient (Wildman–Crippen LogP) is 2.44. The molecule has 0 bridgehead atoms. The van der Waals surface area contributed by atoms with Gasteiger partial charge in [-0.3, -0.25) is 4.79 Å². The molecule has 1 aromatic rings. The number of esters is 1. The summed E-state index contributed by atoms with van der Waals surface area (Å²) in [4.78, 5) is 11.1. The lowest BCUT2D eigenvalue weighted by Crippen LogP contribution is -2.16. The number of hydrogen-bond donors (Lipinski definition) is 1. The molecule has 4 nitrogen and oxygen atoms in total. The lowest BCUT2D eigenvalue weighted by atomic mass is 10.0. The highest BCUT2D eigenvalue weighted by Crippen LogP contribution is 2.31. The molecule has 0 saturated heterocycles. The average molecular weight is 276 g/mol. The van der Waals surface area contributed by atoms with Crippen LogP contribution in [0.5, 0.6) is 5.75 Å². The van der Waals surface area contributed by atoms with E-state index in [2.05, 4.69) is 4.74 Å². The second kappa shape index (κ2) is 6.56. The first-order valence-corrected chi connectivity index (χ1v) is 5.81. The highest BCUT2D eigenvalue weighted by atomic mass is 35.5. The Bertz CT molecular complexity index is 416. The average Bonchev–Trinajstić information content (AvgIpc) is 2.33. The van der Waals surface area contributed by atoms with Gasteiger partial charge in [-0.25, -0.2) is 4.39 Å². The summed E-state index contributed by atoms with van der Waals surface area (Å²) in [6, 6.07) is 2.04. The Balaban J connectivity index is 2.94. The van der Waals surface area contributed by atoms with Gasteiger partial charge in [-0.05, 0) is 24.6 Å². The van der Waals surface area contributed by atoms with Crippen LogP contribution in [0.1, 0.15) is 24.9 Å². The second-order valence-corrected chi connectivity index (χ2v) is 4.04. The summed E-state index contributed by atoms with van der Waals surface area (Å²) < 4.78 is 23.3. The second-order valence-electron chi connectivity index (χ2n) is 3.63. The van der Waals surface area contributed by atoms with Crippen LogP contribution < -0.4 is 10.5 Å². The van der Waals surface area contributed by atoms with Crippen LogP contribution in [0.2, 0.25) is 5.02 Å². The van der Waals surface area contributed by atoms with Crippen molar-refractivity contribution in [1.29, 1.82) is 0 Å². The summed E-state index contributed by atoms with van der Waals surface area (Å²) in [6.07, 6.45) is -0.0414. The third kappa shape index (κ3) is 3.58. The number of carbonyl (C=O) groups is 1. The Morgan fingerprint density at radius 1 is 1.56 bits per heavy atom. The van der Waals surface area contributed by atoms with Gasteiger partial charge in [-0.2, -0.15) is 0 Å². The van der Waals surface area contributed by atoms with Crippen LogP contribution >= 0.6 is 11.6 Å². The zero-order valence-corrected chi connectivity index (χ0v) is 11.0. The molecule has 0 aromatic heterocycles. The molecule has 0 aliphatic heterocycles. The molecule has 0 amide bonds. The first-order chi connectivity index (χ1) is 8.49. The Morgan fingerprint density at radius 3 is 2.72 bits per heavy atom. The zero-order valence-electron chi connectivity index (χ0n) is 10.2. The maximum Gasteiger partial charge on any atom is 0.307 e. The predicted molar refractivity (Wildman–Crippen MR) is 66.1 cm³/mol. The van der Waals surface area contributed by atoms with Crippen molar-refractivity contribution in [1.82, 2.24) is 0 Å². The number of hydrogen-bond acceptors (Lipinski definition) is 4. The van der Waals surface area contributed by atoms with E-state index in [1.165, 1.54) is 19.2 Å². The first kappa shape index (κ1) is 14.7. The molecule has 0 aliphatic rings. The van der Waals surface area contributed by atoms with Crippen LogP contribution in [0.15, 0.2) is 12.1 Å². The standard InChI is InChI=1S/C12H15ClFNO3/c1-3-18-12-8(13)4-7(5-9(12)14)10(15)6-11(16)17-2/h4-5,10H,3,6,15H2,1-2H3/t10-/m0/s1. The summed E-state index contributed by atoms with van der Waals surface area (Å²) in [5.41, 5.74) is 6.19. The summed E-state index contributed by atoms with van der Waals surface area (Å²) >= 11 is 5.89. The van der Waals surface area contributed by atoms with Crippen LogP contribution in [-0.4, -0.2) is 19.7 Å². The van der Waals surface area contributed by atoms with E-state index >= 15 is 0 Å². The highest BCUT2D eigenvalue weighted by Gasteiger charge is 2.17. The Kier molecular flexibility index (Phi) is 5.37. The Morgan fingerprint density at radius 2 is 2.22 bits per heavy atom. The third-order valence-electron chi connectivity index (χ3n) is 2.35. The summed E-state index contributed by atoms with van der Waals surface area (Å²) in [6.45, 7) is 2.04. The minimum absolute atomic E-state index is 0.00631. The monoisotopic (exact) mass is 275 g/mol. The van der Waals surface area contributed by atoms with E-state index in [1.54, 1.807) is 6.92 Å². The maximum atomic E-state index is 13.7. The largest absolute Gasteiger partial charge is 0.489 e. The molecule has 1 aromatic carbocycles. The zero-order chi connectivity index (χ0) is 13.7. The van der Waals surface area contributed by atoms with E-state index in [-0.39, 0.29) is 17.2 Å². The van der Waals surface area contributed by atoms with E-state index in [4.69, 9.17) is 22.1 Å². The minimum atomic E-state index is -0.667. The van der Waals surface area contributed by atoms with E-state index in [0.717, 1.165) is 0 Å². The molecule has 1 atom stereocenters. The molecule has 0 radical (unpaired) electrons. The number of nitrogens with two attached hydrogens (primary N) is 1. The first-order valence-electron chi connectivity index (χ1n) is 5.43. The quantitative estimate of drug-likeness (QED) is 0.839. The number of benzene rings is 1. The van der Waals surface area contributed by atoms with Crippen molar-refractivity contribution in [2.24, 2.45) is 5.73 Å². The van der Waals surface area contributed by atoms with E-state index < -0.39 is 17.8 Å². The molecule has 0 spiro atoms. The highest BCUT2D eigenvalue weighted by molar-refractivity contribution is 6.32. The van der Waals surface area contributed by atoms with Crippen molar-refractivity contribution in [3.63, 3.8) is 0 Å². The normalized spacial score (nSPS) is 12.1. The maximum absolute atomic E-state index is 13.7. The molecule has 6 heteroatoms. The SMILES string of the molecule is CCOc1c(F)cc([C@@H](N)CC(=O)OC)cc1Cl. The molecule has 0 aliphatic carbocycles. The fourth-order valence-corrected chi connectivity index (χ4v) is 1.73. The summed E-state index contributed by atoms with van der Waals surface area (Å²) in [5, 5.41) is 0.132. The van der Waals surface area contributed by atoms with E-state index in [1.807, 2.05) is 0 Å². The van der Waals surface area contributed by atoms with Crippen LogP contribution in [-0.2, 0) is 9.53 Å². The topological polar surface area (TPSA) is 61.5 Å². The van der Waals surface area contributed by atoms with Crippen LogP contribution in [0.4, 0.5) is 4.39 Å². The number of halogens is 2. The number of rotatable bonds is 5. The molecule has 18 heavy (non-hydrogen) atoms. The van der Waals surface area contributed by atoms with Crippen molar-refractivity contribution in [3.05, 3.63) is 28.5 Å². The van der Waals surface area contributed by atoms with Crippen molar-refractivity contribution in [2.75, 3.05) is 13.7 Å². The fraction of sp³-hybridized carbons (Fsp3) is 0.417. The van der Waals surface area contributed by atoms with Gasteiger partial charge in [0.05, 0.1) is 25.2 Å². The molecular weight excluding hydrogens is 261 g/mol. The number of ether oxygens (including phenoxy) is 2. The van der Waals surface area contributed by atoms with Crippen molar-refractivity contribution in [2.45, 2.75) is 19.4 Å². The molecule has 0 unspecified atom stereocenters. The molecular formula is C12H15ClFNO3. The summed E-state index contributed by atoms with van der Waals surface area (Å²) in [5.74, 6) is -1.07. The van der Waals surface area contributed by atoms with Crippen molar-refractivity contribution in [3.8, 4) is 5.75 Å². The molecule has 0 fully saturated rings. The van der Waals surface area contributed by atoms with Gasteiger partial charge in [0.2, 0.25) is 0 Å². The van der Waals surface area contributed by atoms with Crippen molar-refractivity contribution < 1.29 is 18.7 Å². The third-order valence-corrected chi connectivity index (χ3v) is 2.63.